The summed E-state index contributed by atoms with van der Waals surface area (Å²) in [6, 6.07) is 1.43. The minimum Gasteiger partial charge on any atom is -0.479 e. The van der Waals surface area contributed by atoms with E-state index in [0.717, 1.165) is 0 Å². The molecule has 0 amide bonds. The summed E-state index contributed by atoms with van der Waals surface area (Å²) in [6.45, 7) is 5.26. The summed E-state index contributed by atoms with van der Waals surface area (Å²) in [5, 5.41) is 20.8. The van der Waals surface area contributed by atoms with Crippen molar-refractivity contribution in [2.24, 2.45) is 0 Å². The van der Waals surface area contributed by atoms with Gasteiger partial charge in [0.2, 0.25) is 0 Å². The predicted molar refractivity (Wildman–Crippen MR) is 74.8 cm³/mol. The van der Waals surface area contributed by atoms with E-state index in [1.807, 2.05) is 0 Å². The summed E-state index contributed by atoms with van der Waals surface area (Å²) in [5.41, 5.74) is -0.568. The number of hydrogen-bond donors (Lipinski definition) is 2. The summed E-state index contributed by atoms with van der Waals surface area (Å²) < 4.78 is 1.23. The number of tetrazole rings is 1. The van der Waals surface area contributed by atoms with E-state index in [9.17, 15) is 14.7 Å². The zero-order chi connectivity index (χ0) is 15.6. The number of aliphatic carboxylic acids is 1. The first-order chi connectivity index (χ1) is 9.96. The van der Waals surface area contributed by atoms with E-state index in [1.54, 1.807) is 20.8 Å². The van der Waals surface area contributed by atoms with Crippen LogP contribution in [-0.2, 0) is 10.3 Å². The Balaban J connectivity index is 2.67. The number of nitrogens with zero attached hydrogens (tertiary/aromatic N) is 4. The van der Waals surface area contributed by atoms with Gasteiger partial charge in [-0.05, 0) is 30.2 Å². The number of carboxylic acids is 1. The molecule has 0 aliphatic heterocycles. The molecule has 0 aromatic carbocycles. The van der Waals surface area contributed by atoms with Crippen LogP contribution in [0.3, 0.4) is 0 Å². The lowest BCUT2D eigenvalue weighted by atomic mass is 9.93. The molecule has 0 bridgehead atoms. The van der Waals surface area contributed by atoms with Crippen molar-refractivity contribution in [1.29, 1.82) is 0 Å². The van der Waals surface area contributed by atoms with Crippen LogP contribution in [0.25, 0.3) is 11.4 Å². The molecule has 0 saturated carbocycles. The third-order valence-electron chi connectivity index (χ3n) is 3.74. The van der Waals surface area contributed by atoms with Crippen LogP contribution in [0.4, 0.5) is 0 Å². The van der Waals surface area contributed by atoms with Gasteiger partial charge in [0.15, 0.2) is 16.8 Å². The zero-order valence-electron chi connectivity index (χ0n) is 12.1. The van der Waals surface area contributed by atoms with Gasteiger partial charge in [-0.25, -0.2) is 9.48 Å². The van der Waals surface area contributed by atoms with Gasteiger partial charge in [-0.1, -0.05) is 13.8 Å². The van der Waals surface area contributed by atoms with Crippen LogP contribution in [0, 0.1) is 6.92 Å². The maximum atomic E-state index is 12.1. The van der Waals surface area contributed by atoms with Crippen LogP contribution in [0.1, 0.15) is 32.4 Å². The van der Waals surface area contributed by atoms with Gasteiger partial charge in [0.05, 0.1) is 5.56 Å². The lowest BCUT2D eigenvalue weighted by Gasteiger charge is -2.27. The highest BCUT2D eigenvalue weighted by atomic mass is 16.4. The quantitative estimate of drug-likeness (QED) is 0.847. The molecule has 0 aliphatic carbocycles. The van der Waals surface area contributed by atoms with Crippen molar-refractivity contribution < 1.29 is 9.90 Å². The highest BCUT2D eigenvalue weighted by molar-refractivity contribution is 5.77. The van der Waals surface area contributed by atoms with Crippen LogP contribution in [0.15, 0.2) is 17.1 Å². The van der Waals surface area contributed by atoms with E-state index >= 15 is 0 Å². The monoisotopic (exact) mass is 291 g/mol. The fraction of sp³-hybridized carbons (Fsp3) is 0.462. The molecule has 0 spiro atoms. The van der Waals surface area contributed by atoms with Crippen LogP contribution in [0.2, 0.25) is 0 Å². The normalized spacial score (nSPS) is 11.6. The van der Waals surface area contributed by atoms with Crippen molar-refractivity contribution in [3.63, 3.8) is 0 Å². The Labute approximate surface area is 120 Å². The number of aryl methyl sites for hydroxylation is 1. The number of rotatable bonds is 5. The minimum atomic E-state index is -1.27. The standard InChI is InChI=1S/C13H17N5O3/c1-4-13(5-2,12(20)21)18-11(15-16-17-18)9-7-14-8(3)6-10(9)19/h6-7H,4-5H2,1-3H3,(H,14,19)(H,20,21). The van der Waals surface area contributed by atoms with Crippen molar-refractivity contribution in [2.45, 2.75) is 39.2 Å². The maximum Gasteiger partial charge on any atom is 0.331 e. The Morgan fingerprint density at radius 1 is 1.43 bits per heavy atom. The smallest absolute Gasteiger partial charge is 0.331 e. The number of carbonyl (C=O) groups is 1. The fourth-order valence-electron chi connectivity index (χ4n) is 2.33. The van der Waals surface area contributed by atoms with Gasteiger partial charge in [-0.3, -0.25) is 4.79 Å². The van der Waals surface area contributed by atoms with E-state index in [2.05, 4.69) is 20.5 Å². The first-order valence-corrected chi connectivity index (χ1v) is 6.68. The summed E-state index contributed by atoms with van der Waals surface area (Å²) in [5.74, 6) is -0.869. The minimum absolute atomic E-state index is 0.155. The van der Waals surface area contributed by atoms with Crippen LogP contribution >= 0.6 is 0 Å². The molecule has 2 aromatic rings. The first-order valence-electron chi connectivity index (χ1n) is 6.68. The Hall–Kier alpha value is -2.51. The van der Waals surface area contributed by atoms with Crippen LogP contribution in [0.5, 0.6) is 0 Å². The molecule has 21 heavy (non-hydrogen) atoms. The largest absolute Gasteiger partial charge is 0.479 e. The molecule has 0 atom stereocenters. The zero-order valence-corrected chi connectivity index (χ0v) is 12.1. The van der Waals surface area contributed by atoms with Gasteiger partial charge >= 0.3 is 5.97 Å². The average Bonchev–Trinajstić information content (AvgIpc) is 2.90. The number of carboxylic acid groups (broad SMARTS) is 1. The Morgan fingerprint density at radius 2 is 2.10 bits per heavy atom. The third-order valence-corrected chi connectivity index (χ3v) is 3.74. The Morgan fingerprint density at radius 3 is 2.62 bits per heavy atom. The summed E-state index contributed by atoms with van der Waals surface area (Å²) in [4.78, 5) is 26.7. The molecule has 0 radical (unpaired) electrons. The average molecular weight is 291 g/mol. The maximum absolute atomic E-state index is 12.1. The molecule has 2 aromatic heterocycles. The number of hydrogen-bond acceptors (Lipinski definition) is 5. The summed E-state index contributed by atoms with van der Waals surface area (Å²) in [7, 11) is 0. The second kappa shape index (κ2) is 5.47. The van der Waals surface area contributed by atoms with Gasteiger partial charge in [-0.2, -0.15) is 0 Å². The third kappa shape index (κ3) is 2.32. The second-order valence-corrected chi connectivity index (χ2v) is 4.85. The summed E-state index contributed by atoms with van der Waals surface area (Å²) in [6.07, 6.45) is 2.11. The van der Waals surface area contributed by atoms with Gasteiger partial charge in [-0.15, -0.1) is 5.10 Å². The van der Waals surface area contributed by atoms with E-state index in [1.165, 1.54) is 16.9 Å². The highest BCUT2D eigenvalue weighted by Gasteiger charge is 2.40. The van der Waals surface area contributed by atoms with Gasteiger partial charge < -0.3 is 10.1 Å². The lowest BCUT2D eigenvalue weighted by Crippen LogP contribution is -2.42. The fourth-order valence-corrected chi connectivity index (χ4v) is 2.33. The molecule has 2 N–H and O–H groups in total. The van der Waals surface area contributed by atoms with E-state index < -0.39 is 11.5 Å². The number of aromatic nitrogens is 5. The Kier molecular flexibility index (Phi) is 3.88. The number of H-pyrrole nitrogens is 1. The van der Waals surface area contributed by atoms with E-state index in [0.29, 0.717) is 18.5 Å². The van der Waals surface area contributed by atoms with E-state index in [-0.39, 0.29) is 16.8 Å². The molecule has 0 unspecified atom stereocenters. The predicted octanol–water partition coefficient (Wildman–Crippen LogP) is 0.937. The van der Waals surface area contributed by atoms with E-state index in [4.69, 9.17) is 0 Å². The molecular formula is C13H17N5O3. The van der Waals surface area contributed by atoms with Gasteiger partial charge in [0.1, 0.15) is 0 Å². The first kappa shape index (κ1) is 14.9. The molecule has 0 fully saturated rings. The number of aromatic amines is 1. The molecule has 0 saturated heterocycles. The Bertz CT molecular complexity index is 715. The van der Waals surface area contributed by atoms with Crippen molar-refractivity contribution in [1.82, 2.24) is 25.2 Å². The van der Waals surface area contributed by atoms with Crippen molar-refractivity contribution in [2.75, 3.05) is 0 Å². The lowest BCUT2D eigenvalue weighted by molar-refractivity contribution is -0.148. The molecular weight excluding hydrogens is 274 g/mol. The molecule has 0 aliphatic rings. The topological polar surface area (TPSA) is 114 Å². The SMILES string of the molecule is CCC(CC)(C(=O)O)n1nnnc1-c1c[nH]c(C)cc1=O. The van der Waals surface area contributed by atoms with Crippen molar-refractivity contribution >= 4 is 5.97 Å². The summed E-state index contributed by atoms with van der Waals surface area (Å²) >= 11 is 0. The van der Waals surface area contributed by atoms with Crippen molar-refractivity contribution in [3.05, 3.63) is 28.2 Å². The second-order valence-electron chi connectivity index (χ2n) is 4.85. The number of nitrogens with one attached hydrogen (secondary N) is 1. The number of pyridine rings is 1. The molecule has 8 heteroatoms. The molecule has 2 rings (SSSR count). The highest BCUT2D eigenvalue weighted by Crippen LogP contribution is 2.28. The van der Waals surface area contributed by atoms with Crippen LogP contribution in [-0.4, -0.2) is 36.3 Å². The van der Waals surface area contributed by atoms with Gasteiger partial charge in [0.25, 0.3) is 0 Å². The van der Waals surface area contributed by atoms with Gasteiger partial charge in [0, 0.05) is 18.0 Å². The van der Waals surface area contributed by atoms with Crippen molar-refractivity contribution in [3.8, 4) is 11.4 Å². The molecule has 2 heterocycles. The molecule has 112 valence electrons. The molecule has 8 nitrogen and oxygen atoms in total. The van der Waals surface area contributed by atoms with Crippen LogP contribution < -0.4 is 5.43 Å².